The predicted octanol–water partition coefficient (Wildman–Crippen LogP) is 5.89. The molecule has 0 aromatic heterocycles. The van der Waals surface area contributed by atoms with Gasteiger partial charge in [-0.3, -0.25) is 4.79 Å². The number of carbonyl (C=O) groups is 1. The molecule has 1 amide bonds. The number of amides is 1. The van der Waals surface area contributed by atoms with Crippen molar-refractivity contribution in [1.82, 2.24) is 10.6 Å². The molecule has 1 aliphatic carbocycles. The van der Waals surface area contributed by atoms with Crippen molar-refractivity contribution in [2.45, 2.75) is 78.2 Å². The minimum atomic E-state index is -0.0968. The van der Waals surface area contributed by atoms with Crippen molar-refractivity contribution in [3.05, 3.63) is 53.1 Å². The van der Waals surface area contributed by atoms with Gasteiger partial charge in [0.1, 0.15) is 17.6 Å². The van der Waals surface area contributed by atoms with E-state index in [2.05, 4.69) is 60.6 Å². The van der Waals surface area contributed by atoms with Crippen molar-refractivity contribution < 1.29 is 14.3 Å². The van der Waals surface area contributed by atoms with Crippen molar-refractivity contribution in [3.63, 3.8) is 0 Å². The third-order valence-corrected chi connectivity index (χ3v) is 9.18. The summed E-state index contributed by atoms with van der Waals surface area (Å²) in [6.07, 6.45) is 9.26. The number of anilines is 1. The Morgan fingerprint density at radius 3 is 2.52 bits per heavy atom. The van der Waals surface area contributed by atoms with Gasteiger partial charge < -0.3 is 25.0 Å². The van der Waals surface area contributed by atoms with Crippen molar-refractivity contribution in [2.75, 3.05) is 44.7 Å². The van der Waals surface area contributed by atoms with E-state index in [0.29, 0.717) is 35.6 Å². The van der Waals surface area contributed by atoms with Gasteiger partial charge in [0.15, 0.2) is 0 Å². The molecular weight excluding hydrogens is 524 g/mol. The molecular formula is C35H50N4O3. The maximum absolute atomic E-state index is 10.9. The van der Waals surface area contributed by atoms with Crippen LogP contribution in [0.1, 0.15) is 76.0 Å². The van der Waals surface area contributed by atoms with Crippen LogP contribution < -0.4 is 25.0 Å². The van der Waals surface area contributed by atoms with Crippen LogP contribution in [-0.2, 0) is 17.6 Å². The molecule has 1 unspecified atom stereocenters. The molecule has 7 nitrogen and oxygen atoms in total. The van der Waals surface area contributed by atoms with Crippen LogP contribution >= 0.6 is 0 Å². The highest BCUT2D eigenvalue weighted by atomic mass is 16.5. The fraction of sp³-hybridized carbons (Fsp3) is 0.600. The molecule has 0 spiro atoms. The largest absolute Gasteiger partial charge is 0.496 e. The van der Waals surface area contributed by atoms with E-state index in [4.69, 9.17) is 9.47 Å². The first-order valence-corrected chi connectivity index (χ1v) is 15.8. The van der Waals surface area contributed by atoms with Crippen molar-refractivity contribution >= 4 is 12.1 Å². The Labute approximate surface area is 253 Å². The van der Waals surface area contributed by atoms with Crippen LogP contribution in [0, 0.1) is 28.6 Å². The standard InChI is InChI=1S/C35H50N4O3/c1-35(2,3)30-9-5-26(6-10-30)19-29-20-27(8-12-34(29)41-4)7-11-32(13-14-38-25-40)42-33-22-28(24-36)21-31(23-33)39-17-15-37-16-18-39/h8,12,20-23,25-26,30,32,37H,5-7,9-11,13-19H2,1-4H3,(H,38,40). The van der Waals surface area contributed by atoms with Gasteiger partial charge >= 0.3 is 0 Å². The number of nitrogens with one attached hydrogen (secondary N) is 2. The summed E-state index contributed by atoms with van der Waals surface area (Å²) in [6, 6.07) is 14.7. The minimum absolute atomic E-state index is 0.0968. The zero-order valence-electron chi connectivity index (χ0n) is 26.1. The highest BCUT2D eigenvalue weighted by Crippen LogP contribution is 2.41. The third-order valence-electron chi connectivity index (χ3n) is 9.18. The number of benzene rings is 2. The lowest BCUT2D eigenvalue weighted by Crippen LogP contribution is -2.43. The third kappa shape index (κ3) is 9.13. The maximum atomic E-state index is 10.9. The van der Waals surface area contributed by atoms with Crippen LogP contribution in [0.3, 0.4) is 0 Å². The van der Waals surface area contributed by atoms with Gasteiger partial charge in [-0.1, -0.05) is 32.9 Å². The number of ether oxygens (including phenoxy) is 2. The van der Waals surface area contributed by atoms with E-state index in [1.54, 1.807) is 7.11 Å². The topological polar surface area (TPSA) is 86.6 Å². The molecule has 2 aliphatic rings. The van der Waals surface area contributed by atoms with Crippen LogP contribution in [0.4, 0.5) is 5.69 Å². The Balaban J connectivity index is 1.43. The normalized spacial score (nSPS) is 19.9. The van der Waals surface area contributed by atoms with Gasteiger partial charge in [0.2, 0.25) is 6.41 Å². The zero-order chi connectivity index (χ0) is 30.0. The summed E-state index contributed by atoms with van der Waals surface area (Å²) in [7, 11) is 1.77. The Hall–Kier alpha value is -3.24. The Morgan fingerprint density at radius 1 is 1.10 bits per heavy atom. The van der Waals surface area contributed by atoms with Gasteiger partial charge in [-0.05, 0) is 91.5 Å². The highest BCUT2D eigenvalue weighted by molar-refractivity contribution is 5.56. The fourth-order valence-electron chi connectivity index (χ4n) is 6.60. The second-order valence-electron chi connectivity index (χ2n) is 13.1. The summed E-state index contributed by atoms with van der Waals surface area (Å²) in [5.74, 6) is 3.21. The van der Waals surface area contributed by atoms with E-state index in [0.717, 1.165) is 69.2 Å². The number of piperazine rings is 1. The second-order valence-corrected chi connectivity index (χ2v) is 13.1. The number of aryl methyl sites for hydroxylation is 1. The van der Waals surface area contributed by atoms with Crippen LogP contribution in [0.25, 0.3) is 0 Å². The highest BCUT2D eigenvalue weighted by Gasteiger charge is 2.30. The van der Waals surface area contributed by atoms with E-state index in [1.807, 2.05) is 18.2 Å². The average molecular weight is 575 g/mol. The van der Waals surface area contributed by atoms with Gasteiger partial charge in [0.25, 0.3) is 0 Å². The van der Waals surface area contributed by atoms with Crippen molar-refractivity contribution in [3.8, 4) is 17.6 Å². The fourth-order valence-corrected chi connectivity index (χ4v) is 6.60. The number of nitriles is 1. The molecule has 1 saturated heterocycles. The van der Waals surface area contributed by atoms with Crippen LogP contribution in [0.5, 0.6) is 11.5 Å². The minimum Gasteiger partial charge on any atom is -0.496 e. The molecule has 0 bridgehead atoms. The Bertz CT molecular complexity index is 1190. The number of methoxy groups -OCH3 is 1. The lowest BCUT2D eigenvalue weighted by molar-refractivity contribution is -0.109. The van der Waals surface area contributed by atoms with E-state index in [9.17, 15) is 10.1 Å². The lowest BCUT2D eigenvalue weighted by atomic mass is 9.69. The molecule has 1 saturated carbocycles. The summed E-state index contributed by atoms with van der Waals surface area (Å²) in [6.45, 7) is 11.3. The average Bonchev–Trinajstić information content (AvgIpc) is 3.00. The molecule has 1 aliphatic heterocycles. The number of hydrogen-bond acceptors (Lipinski definition) is 6. The second kappa shape index (κ2) is 15.3. The summed E-state index contributed by atoms with van der Waals surface area (Å²) >= 11 is 0. The Morgan fingerprint density at radius 2 is 1.86 bits per heavy atom. The molecule has 0 radical (unpaired) electrons. The van der Waals surface area contributed by atoms with E-state index < -0.39 is 0 Å². The quantitative estimate of drug-likeness (QED) is 0.229. The molecule has 2 aromatic rings. The van der Waals surface area contributed by atoms with E-state index in [1.165, 1.54) is 36.8 Å². The first-order valence-electron chi connectivity index (χ1n) is 15.8. The molecule has 7 heteroatoms. The summed E-state index contributed by atoms with van der Waals surface area (Å²) < 4.78 is 12.3. The van der Waals surface area contributed by atoms with Gasteiger partial charge in [-0.25, -0.2) is 0 Å². The number of nitrogens with zero attached hydrogens (tertiary/aromatic N) is 2. The summed E-state index contributed by atoms with van der Waals surface area (Å²) in [5, 5.41) is 15.8. The molecule has 228 valence electrons. The van der Waals surface area contributed by atoms with Crippen LogP contribution in [0.2, 0.25) is 0 Å². The summed E-state index contributed by atoms with van der Waals surface area (Å²) in [4.78, 5) is 13.2. The number of hydrogen-bond donors (Lipinski definition) is 2. The van der Waals surface area contributed by atoms with Crippen LogP contribution in [-0.4, -0.2) is 52.3 Å². The van der Waals surface area contributed by atoms with Gasteiger partial charge in [-0.2, -0.15) is 5.26 Å². The van der Waals surface area contributed by atoms with Gasteiger partial charge in [-0.15, -0.1) is 0 Å². The summed E-state index contributed by atoms with van der Waals surface area (Å²) in [5.41, 5.74) is 4.59. The number of rotatable bonds is 13. The van der Waals surface area contributed by atoms with Gasteiger partial charge in [0.05, 0.1) is 18.7 Å². The van der Waals surface area contributed by atoms with Crippen molar-refractivity contribution in [1.29, 1.82) is 5.26 Å². The van der Waals surface area contributed by atoms with Gasteiger partial charge in [0, 0.05) is 50.9 Å². The van der Waals surface area contributed by atoms with E-state index >= 15 is 0 Å². The molecule has 2 aromatic carbocycles. The molecule has 42 heavy (non-hydrogen) atoms. The predicted molar refractivity (Wildman–Crippen MR) is 169 cm³/mol. The molecule has 2 N–H and O–H groups in total. The molecule has 1 heterocycles. The lowest BCUT2D eigenvalue weighted by Gasteiger charge is -2.37. The van der Waals surface area contributed by atoms with E-state index in [-0.39, 0.29) is 6.10 Å². The van der Waals surface area contributed by atoms with Crippen LogP contribution in [0.15, 0.2) is 36.4 Å². The first-order chi connectivity index (χ1) is 20.3. The molecule has 1 atom stereocenters. The SMILES string of the molecule is COc1ccc(CCC(CCNC=O)Oc2cc(C#N)cc(N3CCNCC3)c2)cc1CC1CCC(C(C)(C)C)CC1. The number of carbonyl (C=O) groups excluding carboxylic acids is 1. The maximum Gasteiger partial charge on any atom is 0.207 e. The van der Waals surface area contributed by atoms with Crippen molar-refractivity contribution in [2.24, 2.45) is 17.3 Å². The molecule has 2 fully saturated rings. The smallest absolute Gasteiger partial charge is 0.207 e. The zero-order valence-corrected chi connectivity index (χ0v) is 26.1. The first kappa shape index (κ1) is 31.7. The monoisotopic (exact) mass is 574 g/mol. The molecule has 4 rings (SSSR count). The Kier molecular flexibility index (Phi) is 11.5.